The summed E-state index contributed by atoms with van der Waals surface area (Å²) in [5.74, 6) is 0.997. The molecule has 1 aromatic carbocycles. The summed E-state index contributed by atoms with van der Waals surface area (Å²) in [5.41, 5.74) is 2.37. The molecule has 0 amide bonds. The summed E-state index contributed by atoms with van der Waals surface area (Å²) in [4.78, 5) is 0. The van der Waals surface area contributed by atoms with Gasteiger partial charge in [-0.1, -0.05) is 18.2 Å². The summed E-state index contributed by atoms with van der Waals surface area (Å²) in [6, 6.07) is 6.28. The number of hydrogen-bond donors (Lipinski definition) is 1. The first-order chi connectivity index (χ1) is 10.3. The van der Waals surface area contributed by atoms with E-state index in [1.54, 1.807) is 7.11 Å². The van der Waals surface area contributed by atoms with E-state index in [1.165, 1.54) is 24.0 Å². The van der Waals surface area contributed by atoms with Gasteiger partial charge in [-0.3, -0.25) is 0 Å². The molecule has 21 heavy (non-hydrogen) atoms. The van der Waals surface area contributed by atoms with Crippen LogP contribution in [0.3, 0.4) is 0 Å². The number of ether oxygens (including phenoxy) is 3. The van der Waals surface area contributed by atoms with Gasteiger partial charge in [0.25, 0.3) is 0 Å². The van der Waals surface area contributed by atoms with Gasteiger partial charge in [0.2, 0.25) is 0 Å². The third kappa shape index (κ3) is 5.30. The van der Waals surface area contributed by atoms with Crippen molar-refractivity contribution >= 4 is 0 Å². The zero-order valence-corrected chi connectivity index (χ0v) is 13.2. The van der Waals surface area contributed by atoms with Gasteiger partial charge in [0.05, 0.1) is 12.7 Å². The van der Waals surface area contributed by atoms with Gasteiger partial charge >= 0.3 is 0 Å². The summed E-state index contributed by atoms with van der Waals surface area (Å²) < 4.78 is 16.9. The van der Waals surface area contributed by atoms with Gasteiger partial charge in [0.15, 0.2) is 0 Å². The van der Waals surface area contributed by atoms with Crippen molar-refractivity contribution in [1.29, 1.82) is 0 Å². The van der Waals surface area contributed by atoms with Crippen molar-refractivity contribution in [2.75, 3.05) is 33.5 Å². The molecule has 1 aliphatic rings. The SMILES string of the molecule is COCCNCc1cccc(C)c1OCC1CCCCO1. The minimum absolute atomic E-state index is 0.243. The zero-order chi connectivity index (χ0) is 14.9. The third-order valence-corrected chi connectivity index (χ3v) is 3.78. The van der Waals surface area contributed by atoms with Crippen molar-refractivity contribution < 1.29 is 14.2 Å². The number of methoxy groups -OCH3 is 1. The summed E-state index contributed by atoms with van der Waals surface area (Å²) in [5, 5.41) is 3.37. The minimum Gasteiger partial charge on any atom is -0.490 e. The predicted molar refractivity (Wildman–Crippen MR) is 83.8 cm³/mol. The van der Waals surface area contributed by atoms with Crippen LogP contribution in [0.2, 0.25) is 0 Å². The molecule has 0 spiro atoms. The fourth-order valence-electron chi connectivity index (χ4n) is 2.57. The number of hydrogen-bond acceptors (Lipinski definition) is 4. The second kappa shape index (κ2) is 9.03. The number of benzene rings is 1. The average molecular weight is 293 g/mol. The topological polar surface area (TPSA) is 39.7 Å². The highest BCUT2D eigenvalue weighted by Crippen LogP contribution is 2.24. The van der Waals surface area contributed by atoms with Crippen molar-refractivity contribution in [3.63, 3.8) is 0 Å². The van der Waals surface area contributed by atoms with Gasteiger partial charge in [-0.2, -0.15) is 0 Å². The molecule has 1 unspecified atom stereocenters. The van der Waals surface area contributed by atoms with Crippen LogP contribution in [0.4, 0.5) is 0 Å². The lowest BCUT2D eigenvalue weighted by atomic mass is 10.1. The van der Waals surface area contributed by atoms with Crippen molar-refractivity contribution in [2.45, 2.75) is 38.8 Å². The number of rotatable bonds is 8. The van der Waals surface area contributed by atoms with Gasteiger partial charge in [-0.05, 0) is 31.7 Å². The van der Waals surface area contributed by atoms with Crippen LogP contribution in [-0.4, -0.2) is 39.6 Å². The van der Waals surface area contributed by atoms with Crippen LogP contribution in [0.5, 0.6) is 5.75 Å². The number of para-hydroxylation sites is 1. The smallest absolute Gasteiger partial charge is 0.126 e. The third-order valence-electron chi connectivity index (χ3n) is 3.78. The Hall–Kier alpha value is -1.10. The zero-order valence-electron chi connectivity index (χ0n) is 13.2. The maximum Gasteiger partial charge on any atom is 0.126 e. The average Bonchev–Trinajstić information content (AvgIpc) is 2.52. The maximum absolute atomic E-state index is 6.07. The van der Waals surface area contributed by atoms with E-state index < -0.39 is 0 Å². The van der Waals surface area contributed by atoms with Crippen LogP contribution in [0.15, 0.2) is 18.2 Å². The molecule has 118 valence electrons. The van der Waals surface area contributed by atoms with Crippen molar-refractivity contribution in [1.82, 2.24) is 5.32 Å². The van der Waals surface area contributed by atoms with E-state index in [2.05, 4.69) is 30.4 Å². The van der Waals surface area contributed by atoms with E-state index in [-0.39, 0.29) is 6.10 Å². The molecule has 0 aromatic heterocycles. The first kappa shape index (κ1) is 16.3. The molecule has 0 aliphatic carbocycles. The molecule has 1 aliphatic heterocycles. The van der Waals surface area contributed by atoms with Crippen LogP contribution < -0.4 is 10.1 Å². The quantitative estimate of drug-likeness (QED) is 0.748. The van der Waals surface area contributed by atoms with Crippen LogP contribution in [0.25, 0.3) is 0 Å². The Bertz CT molecular complexity index is 416. The van der Waals surface area contributed by atoms with Gasteiger partial charge in [0.1, 0.15) is 12.4 Å². The van der Waals surface area contributed by atoms with Gasteiger partial charge < -0.3 is 19.5 Å². The first-order valence-corrected chi connectivity index (χ1v) is 7.84. The predicted octanol–water partition coefficient (Wildman–Crippen LogP) is 2.68. The number of nitrogens with one attached hydrogen (secondary N) is 1. The molecule has 2 rings (SSSR count). The molecule has 1 fully saturated rings. The summed E-state index contributed by atoms with van der Waals surface area (Å²) in [6.45, 7) is 5.97. The molecule has 1 aromatic rings. The molecule has 4 heteroatoms. The normalized spacial score (nSPS) is 18.7. The second-order valence-corrected chi connectivity index (χ2v) is 5.53. The fourth-order valence-corrected chi connectivity index (χ4v) is 2.57. The lowest BCUT2D eigenvalue weighted by Crippen LogP contribution is -2.26. The fraction of sp³-hybridized carbons (Fsp3) is 0.647. The Kier molecular flexibility index (Phi) is 7.00. The molecule has 0 bridgehead atoms. The molecule has 0 saturated carbocycles. The van der Waals surface area contributed by atoms with Gasteiger partial charge in [0, 0.05) is 32.4 Å². The summed E-state index contributed by atoms with van der Waals surface area (Å²) in [7, 11) is 1.72. The molecule has 1 N–H and O–H groups in total. The minimum atomic E-state index is 0.243. The highest BCUT2D eigenvalue weighted by Gasteiger charge is 2.16. The van der Waals surface area contributed by atoms with E-state index in [4.69, 9.17) is 14.2 Å². The monoisotopic (exact) mass is 293 g/mol. The Labute approximate surface area is 127 Å². The lowest BCUT2D eigenvalue weighted by molar-refractivity contribution is -0.0113. The summed E-state index contributed by atoms with van der Waals surface area (Å²) >= 11 is 0. The van der Waals surface area contributed by atoms with Gasteiger partial charge in [-0.15, -0.1) is 0 Å². The van der Waals surface area contributed by atoms with Crippen molar-refractivity contribution in [3.05, 3.63) is 29.3 Å². The van der Waals surface area contributed by atoms with Gasteiger partial charge in [-0.25, -0.2) is 0 Å². The first-order valence-electron chi connectivity index (χ1n) is 7.84. The molecule has 1 heterocycles. The van der Waals surface area contributed by atoms with E-state index in [9.17, 15) is 0 Å². The molecule has 0 radical (unpaired) electrons. The second-order valence-electron chi connectivity index (χ2n) is 5.53. The van der Waals surface area contributed by atoms with E-state index in [0.29, 0.717) is 6.61 Å². The van der Waals surface area contributed by atoms with E-state index in [0.717, 1.165) is 38.5 Å². The van der Waals surface area contributed by atoms with E-state index >= 15 is 0 Å². The Morgan fingerprint density at radius 1 is 1.33 bits per heavy atom. The lowest BCUT2D eigenvalue weighted by Gasteiger charge is -2.24. The molecule has 4 nitrogen and oxygen atoms in total. The van der Waals surface area contributed by atoms with Crippen molar-refractivity contribution in [3.8, 4) is 5.75 Å². The Balaban J connectivity index is 1.89. The molecule has 1 atom stereocenters. The standard InChI is InChI=1S/C17H27NO3/c1-14-6-5-7-15(12-18-9-11-19-2)17(14)21-13-16-8-3-4-10-20-16/h5-7,16,18H,3-4,8-13H2,1-2H3. The van der Waals surface area contributed by atoms with Crippen LogP contribution in [0, 0.1) is 6.92 Å². The molecule has 1 saturated heterocycles. The molecular weight excluding hydrogens is 266 g/mol. The van der Waals surface area contributed by atoms with Crippen molar-refractivity contribution in [2.24, 2.45) is 0 Å². The number of aryl methyl sites for hydroxylation is 1. The summed E-state index contributed by atoms with van der Waals surface area (Å²) in [6.07, 6.45) is 3.77. The van der Waals surface area contributed by atoms with Crippen LogP contribution >= 0.6 is 0 Å². The van der Waals surface area contributed by atoms with E-state index in [1.807, 2.05) is 0 Å². The van der Waals surface area contributed by atoms with Crippen LogP contribution in [0.1, 0.15) is 30.4 Å². The Morgan fingerprint density at radius 3 is 3.00 bits per heavy atom. The highest BCUT2D eigenvalue weighted by atomic mass is 16.5. The Morgan fingerprint density at radius 2 is 2.24 bits per heavy atom. The molecular formula is C17H27NO3. The maximum atomic E-state index is 6.07. The van der Waals surface area contributed by atoms with Crippen LogP contribution in [-0.2, 0) is 16.0 Å². The largest absolute Gasteiger partial charge is 0.490 e. The highest BCUT2D eigenvalue weighted by molar-refractivity contribution is 5.40.